The van der Waals surface area contributed by atoms with Gasteiger partial charge in [0.05, 0.1) is 25.0 Å². The maximum absolute atomic E-state index is 13.2. The Kier molecular flexibility index (Phi) is 5.73. The lowest BCUT2D eigenvalue weighted by Crippen LogP contribution is -2.63. The van der Waals surface area contributed by atoms with Crippen molar-refractivity contribution < 1.29 is 23.5 Å². The number of carbonyl (C=O) groups is 2. The Morgan fingerprint density at radius 1 is 1.03 bits per heavy atom. The van der Waals surface area contributed by atoms with Crippen molar-refractivity contribution >= 4 is 20.3 Å². The fourth-order valence-electron chi connectivity index (χ4n) is 9.28. The average Bonchev–Trinajstić information content (AvgIpc) is 3.07. The van der Waals surface area contributed by atoms with Crippen LogP contribution in [0.1, 0.15) is 87.5 Å². The molecule has 4 rings (SSSR count). The highest BCUT2D eigenvalue weighted by atomic mass is 28.4. The van der Waals surface area contributed by atoms with E-state index in [9.17, 15) is 9.59 Å². The van der Waals surface area contributed by atoms with Crippen molar-refractivity contribution in [1.82, 2.24) is 0 Å². The molecule has 0 aromatic carbocycles. The molecule has 4 fully saturated rings. The molecule has 6 heteroatoms. The average molecular weight is 465 g/mol. The number of esters is 2. The summed E-state index contributed by atoms with van der Waals surface area (Å²) in [5, 5.41) is 0. The summed E-state index contributed by atoms with van der Waals surface area (Å²) >= 11 is 0. The number of hydrogen-bond acceptors (Lipinski definition) is 5. The zero-order valence-corrected chi connectivity index (χ0v) is 22.6. The van der Waals surface area contributed by atoms with Crippen LogP contribution in [0.4, 0.5) is 0 Å². The van der Waals surface area contributed by atoms with E-state index in [1.807, 2.05) is 0 Å². The minimum Gasteiger partial charge on any atom is -0.469 e. The van der Waals surface area contributed by atoms with Crippen LogP contribution in [0.2, 0.25) is 16.6 Å². The molecule has 4 aliphatic rings. The Balaban J connectivity index is 1.87. The van der Waals surface area contributed by atoms with Crippen molar-refractivity contribution in [2.24, 2.45) is 28.6 Å². The van der Waals surface area contributed by atoms with Crippen molar-refractivity contribution in [3.05, 3.63) is 0 Å². The first kappa shape index (κ1) is 24.2. The third kappa shape index (κ3) is 2.90. The lowest BCUT2D eigenvalue weighted by atomic mass is 9.57. The molecular weight excluding hydrogens is 420 g/mol. The highest BCUT2D eigenvalue weighted by Crippen LogP contribution is 2.76. The van der Waals surface area contributed by atoms with E-state index in [-0.39, 0.29) is 46.6 Å². The first-order valence-electron chi connectivity index (χ1n) is 12.8. The standard InChI is InChI=1S/C26H44O5Si/c1-15(2)32(16(3)4,17(5)6)31-23-24(7,8)14-25-12-18-10-11-20(25)19(22(28)29-9)13-26(23,25)30-21(18)27/h15-20,23H,10-14H2,1-9H3/t18-,19-,20-,23+,25+,26-/m0/s1. The van der Waals surface area contributed by atoms with Crippen LogP contribution in [0.3, 0.4) is 0 Å². The van der Waals surface area contributed by atoms with Crippen LogP contribution >= 0.6 is 0 Å². The van der Waals surface area contributed by atoms with Crippen LogP contribution in [-0.2, 0) is 23.5 Å². The maximum atomic E-state index is 13.2. The van der Waals surface area contributed by atoms with Crippen LogP contribution in [0.25, 0.3) is 0 Å². The lowest BCUT2D eigenvalue weighted by Gasteiger charge is -2.55. The van der Waals surface area contributed by atoms with Crippen molar-refractivity contribution in [2.45, 2.75) is 116 Å². The molecule has 2 bridgehead atoms. The third-order valence-corrected chi connectivity index (χ3v) is 16.1. The molecule has 1 spiro atoms. The summed E-state index contributed by atoms with van der Waals surface area (Å²) < 4.78 is 19.3. The molecule has 0 aromatic heterocycles. The molecule has 5 nitrogen and oxygen atoms in total. The van der Waals surface area contributed by atoms with Gasteiger partial charge in [-0.1, -0.05) is 55.4 Å². The molecule has 0 unspecified atom stereocenters. The second-order valence-corrected chi connectivity index (χ2v) is 18.3. The van der Waals surface area contributed by atoms with E-state index in [1.165, 1.54) is 7.11 Å². The van der Waals surface area contributed by atoms with Crippen LogP contribution < -0.4 is 0 Å². The molecule has 1 aliphatic heterocycles. The fraction of sp³-hybridized carbons (Fsp3) is 0.923. The van der Waals surface area contributed by atoms with Crippen LogP contribution in [0.5, 0.6) is 0 Å². The van der Waals surface area contributed by atoms with E-state index >= 15 is 0 Å². The molecule has 3 saturated carbocycles. The molecule has 182 valence electrons. The molecular formula is C26H44O5Si. The quantitative estimate of drug-likeness (QED) is 0.363. The number of carbonyl (C=O) groups excluding carboxylic acids is 2. The Morgan fingerprint density at radius 2 is 1.62 bits per heavy atom. The highest BCUT2D eigenvalue weighted by Gasteiger charge is 2.81. The molecule has 1 heterocycles. The minimum absolute atomic E-state index is 0.0346. The number of fused-ring (bicyclic) bond motifs is 1. The predicted molar refractivity (Wildman–Crippen MR) is 127 cm³/mol. The number of rotatable bonds is 6. The predicted octanol–water partition coefficient (Wildman–Crippen LogP) is 5.87. The molecule has 6 atom stereocenters. The zero-order chi connectivity index (χ0) is 23.9. The normalized spacial score (nSPS) is 40.1. The van der Waals surface area contributed by atoms with Gasteiger partial charge in [-0.05, 0) is 53.6 Å². The van der Waals surface area contributed by atoms with E-state index in [1.54, 1.807) is 0 Å². The smallest absolute Gasteiger partial charge is 0.309 e. The summed E-state index contributed by atoms with van der Waals surface area (Å²) in [6.07, 6.45) is 3.89. The van der Waals surface area contributed by atoms with Gasteiger partial charge >= 0.3 is 11.9 Å². The largest absolute Gasteiger partial charge is 0.469 e. The second-order valence-electron chi connectivity index (χ2n) is 12.9. The minimum atomic E-state index is -2.23. The van der Waals surface area contributed by atoms with Gasteiger partial charge in [-0.2, -0.15) is 0 Å². The Hall–Kier alpha value is -0.883. The fourth-order valence-corrected chi connectivity index (χ4v) is 15.0. The van der Waals surface area contributed by atoms with E-state index in [0.29, 0.717) is 23.0 Å². The summed E-state index contributed by atoms with van der Waals surface area (Å²) in [7, 11) is -0.749. The first-order chi connectivity index (χ1) is 14.8. The van der Waals surface area contributed by atoms with E-state index in [0.717, 1.165) is 25.7 Å². The van der Waals surface area contributed by atoms with Gasteiger partial charge in [0.1, 0.15) is 5.60 Å². The van der Waals surface area contributed by atoms with Crippen molar-refractivity contribution in [3.8, 4) is 0 Å². The van der Waals surface area contributed by atoms with Gasteiger partial charge in [-0.15, -0.1) is 0 Å². The van der Waals surface area contributed by atoms with Crippen molar-refractivity contribution in [3.63, 3.8) is 0 Å². The Labute approximate surface area is 195 Å². The second kappa shape index (κ2) is 7.56. The molecule has 32 heavy (non-hydrogen) atoms. The van der Waals surface area contributed by atoms with Gasteiger partial charge in [0.15, 0.2) is 0 Å². The third-order valence-electron chi connectivity index (χ3n) is 10.1. The monoisotopic (exact) mass is 464 g/mol. The topological polar surface area (TPSA) is 61.8 Å². The Morgan fingerprint density at radius 3 is 2.16 bits per heavy atom. The molecule has 0 aromatic rings. The van der Waals surface area contributed by atoms with Gasteiger partial charge in [0.2, 0.25) is 8.32 Å². The van der Waals surface area contributed by atoms with Gasteiger partial charge in [0.25, 0.3) is 0 Å². The summed E-state index contributed by atoms with van der Waals surface area (Å²) in [5.74, 6) is -0.242. The van der Waals surface area contributed by atoms with Crippen molar-refractivity contribution in [2.75, 3.05) is 7.11 Å². The SMILES string of the molecule is COC(=O)[C@H]1C[C@@]23OC(=O)[C@H]4CC[C@@H]1[C@@]2(C4)CC(C)(C)[C@H]3O[Si](C(C)C)(C(C)C)C(C)C. The van der Waals surface area contributed by atoms with E-state index in [4.69, 9.17) is 13.9 Å². The van der Waals surface area contributed by atoms with Crippen LogP contribution in [-0.4, -0.2) is 39.1 Å². The van der Waals surface area contributed by atoms with Crippen LogP contribution in [0, 0.1) is 28.6 Å². The molecule has 3 aliphatic carbocycles. The van der Waals surface area contributed by atoms with Crippen molar-refractivity contribution in [1.29, 1.82) is 0 Å². The summed E-state index contributed by atoms with van der Waals surface area (Å²) in [4.78, 5) is 26.1. The molecule has 1 saturated heterocycles. The zero-order valence-electron chi connectivity index (χ0n) is 21.6. The van der Waals surface area contributed by atoms with Gasteiger partial charge in [-0.25, -0.2) is 0 Å². The molecule has 0 N–H and O–H groups in total. The van der Waals surface area contributed by atoms with Gasteiger partial charge < -0.3 is 13.9 Å². The summed E-state index contributed by atoms with van der Waals surface area (Å²) in [6.45, 7) is 18.4. The maximum Gasteiger partial charge on any atom is 0.309 e. The lowest BCUT2D eigenvalue weighted by molar-refractivity contribution is -0.218. The Bertz CT molecular complexity index is 767. The summed E-state index contributed by atoms with van der Waals surface area (Å²) in [5.41, 5.74) is 0.310. The number of hydrogen-bond donors (Lipinski definition) is 0. The molecule has 0 amide bonds. The van der Waals surface area contributed by atoms with Gasteiger partial charge in [-0.3, -0.25) is 9.59 Å². The summed E-state index contributed by atoms with van der Waals surface area (Å²) in [6, 6.07) is 0. The van der Waals surface area contributed by atoms with E-state index < -0.39 is 13.9 Å². The molecule has 0 radical (unpaired) electrons. The highest BCUT2D eigenvalue weighted by molar-refractivity contribution is 6.77. The number of methoxy groups -OCH3 is 1. The van der Waals surface area contributed by atoms with E-state index in [2.05, 4.69) is 55.4 Å². The first-order valence-corrected chi connectivity index (χ1v) is 14.9. The number of ether oxygens (including phenoxy) is 2. The van der Waals surface area contributed by atoms with Gasteiger partial charge in [0, 0.05) is 11.8 Å². The van der Waals surface area contributed by atoms with Crippen LogP contribution in [0.15, 0.2) is 0 Å².